The average molecular weight is 693 g/mol. The van der Waals surface area contributed by atoms with E-state index in [0.717, 1.165) is 22.3 Å². The Labute approximate surface area is 302 Å². The molecule has 0 aliphatic carbocycles. The van der Waals surface area contributed by atoms with Gasteiger partial charge in [-0.2, -0.15) is 0 Å². The van der Waals surface area contributed by atoms with Crippen LogP contribution in [0.5, 0.6) is 11.5 Å². The molecule has 50 heavy (non-hydrogen) atoms. The maximum Gasteiger partial charge on any atom is 0.123 e. The lowest BCUT2D eigenvalue weighted by Crippen LogP contribution is -2.62. The van der Waals surface area contributed by atoms with Crippen molar-refractivity contribution in [1.29, 1.82) is 0 Å². The lowest BCUT2D eigenvalue weighted by atomic mass is 10.0. The molecule has 0 heterocycles. The van der Waals surface area contributed by atoms with Crippen molar-refractivity contribution in [1.82, 2.24) is 0 Å². The largest absolute Gasteiger partial charge is 0.507 e. The lowest BCUT2D eigenvalue weighted by Gasteiger charge is -2.42. The van der Waals surface area contributed by atoms with Crippen molar-refractivity contribution < 1.29 is 10.2 Å². The Hall–Kier alpha value is -4.65. The van der Waals surface area contributed by atoms with Crippen LogP contribution >= 0.6 is 0 Å². The van der Waals surface area contributed by atoms with Crippen molar-refractivity contribution >= 4 is 36.9 Å². The fraction of sp³-hybridized carbons (Fsp3) is 0.217. The molecule has 0 radical (unpaired) electrons. The first-order chi connectivity index (χ1) is 23.7. The summed E-state index contributed by atoms with van der Waals surface area (Å²) in [6, 6.07) is 54.2. The number of para-hydroxylation sites is 2. The van der Waals surface area contributed by atoms with Gasteiger partial charge in [0.15, 0.2) is 0 Å². The second-order valence-electron chi connectivity index (χ2n) is 15.6. The number of benzene rings is 6. The molecular formula is C46H52O2Si2. The number of hydrogen-bond acceptors (Lipinski definition) is 2. The molecule has 6 aromatic rings. The van der Waals surface area contributed by atoms with Crippen LogP contribution in [0, 0.1) is 0 Å². The third-order valence-electron chi connectivity index (χ3n) is 11.0. The van der Waals surface area contributed by atoms with Crippen molar-refractivity contribution in [3.63, 3.8) is 0 Å². The molecule has 0 aliphatic rings. The van der Waals surface area contributed by atoms with Crippen molar-refractivity contribution in [3.05, 3.63) is 158 Å². The number of rotatable bonds is 6. The lowest BCUT2D eigenvalue weighted by molar-refractivity contribution is 0.477. The predicted octanol–water partition coefficient (Wildman–Crippen LogP) is 10.1. The summed E-state index contributed by atoms with van der Waals surface area (Å²) >= 11 is 0. The van der Waals surface area contributed by atoms with E-state index in [4.69, 9.17) is 0 Å². The fourth-order valence-electron chi connectivity index (χ4n) is 7.24. The summed E-state index contributed by atoms with van der Waals surface area (Å²) in [5.74, 6) is 0.682. The monoisotopic (exact) mass is 692 g/mol. The second kappa shape index (κ2) is 14.7. The van der Waals surface area contributed by atoms with E-state index in [2.05, 4.69) is 164 Å². The van der Waals surface area contributed by atoms with Crippen LogP contribution in [-0.2, 0) is 0 Å². The number of aromatic hydroxyl groups is 2. The topological polar surface area (TPSA) is 40.5 Å². The van der Waals surface area contributed by atoms with Gasteiger partial charge in [-0.1, -0.05) is 211 Å². The zero-order valence-electron chi connectivity index (χ0n) is 30.9. The maximum atomic E-state index is 10.4. The molecular weight excluding hydrogens is 641 g/mol. The predicted molar refractivity (Wildman–Crippen MR) is 221 cm³/mol. The van der Waals surface area contributed by atoms with Gasteiger partial charge in [-0.15, -0.1) is 0 Å². The van der Waals surface area contributed by atoms with Crippen LogP contribution in [0.3, 0.4) is 0 Å². The van der Waals surface area contributed by atoms with E-state index in [0.29, 0.717) is 11.5 Å². The van der Waals surface area contributed by atoms with Gasteiger partial charge in [0.1, 0.15) is 27.6 Å². The molecule has 0 aliphatic heterocycles. The third kappa shape index (κ3) is 7.01. The first-order valence-corrected chi connectivity index (χ1v) is 22.6. The van der Waals surface area contributed by atoms with Crippen molar-refractivity contribution in [2.75, 3.05) is 0 Å². The van der Waals surface area contributed by atoms with Crippen molar-refractivity contribution in [2.24, 2.45) is 0 Å². The first-order valence-electron chi connectivity index (χ1n) is 17.6. The number of phenols is 2. The van der Waals surface area contributed by atoms with E-state index in [1.807, 2.05) is 36.4 Å². The van der Waals surface area contributed by atoms with Gasteiger partial charge >= 0.3 is 0 Å². The molecule has 6 rings (SSSR count). The van der Waals surface area contributed by atoms with Crippen LogP contribution < -0.4 is 20.7 Å². The zero-order valence-corrected chi connectivity index (χ0v) is 32.9. The Bertz CT molecular complexity index is 1880. The smallest absolute Gasteiger partial charge is 0.123 e. The number of phenolic OH excluding ortho intramolecular Hbond substituents is 2. The van der Waals surface area contributed by atoms with Gasteiger partial charge in [-0.05, 0) is 43.7 Å². The summed E-state index contributed by atoms with van der Waals surface area (Å²) in [6.07, 6.45) is 0. The molecule has 2 N–H and O–H groups in total. The Morgan fingerprint density at radius 2 is 0.600 bits per heavy atom. The third-order valence-corrected chi connectivity index (χ3v) is 23.0. The SMILES string of the molecule is CC(C)(C)[Si@@](C)(c1ccccc1)c1ccccc1-c1ccccc1O.CC(C)(C)[Si@@](C)(c1ccccc1)c1ccccc1-c1ccccc1O. The quantitative estimate of drug-likeness (QED) is 0.171. The maximum absolute atomic E-state index is 10.4. The summed E-state index contributed by atoms with van der Waals surface area (Å²) in [4.78, 5) is 0. The average Bonchev–Trinajstić information content (AvgIpc) is 3.11. The molecule has 256 valence electrons. The highest BCUT2D eigenvalue weighted by atomic mass is 28.3. The van der Waals surface area contributed by atoms with E-state index in [9.17, 15) is 10.2 Å². The highest BCUT2D eigenvalue weighted by Crippen LogP contribution is 2.40. The van der Waals surface area contributed by atoms with E-state index in [-0.39, 0.29) is 10.1 Å². The molecule has 2 nitrogen and oxygen atoms in total. The van der Waals surface area contributed by atoms with E-state index < -0.39 is 16.1 Å². The van der Waals surface area contributed by atoms with E-state index in [1.165, 1.54) is 20.7 Å². The van der Waals surface area contributed by atoms with Crippen LogP contribution in [0.1, 0.15) is 41.5 Å². The molecule has 0 saturated heterocycles. The molecule has 6 aromatic carbocycles. The molecule has 2 atom stereocenters. The first kappa shape index (κ1) is 36.6. The van der Waals surface area contributed by atoms with Gasteiger partial charge in [0, 0.05) is 11.1 Å². The molecule has 4 heteroatoms. The molecule has 0 fully saturated rings. The molecule has 0 saturated carbocycles. The Morgan fingerprint density at radius 1 is 0.340 bits per heavy atom. The highest BCUT2D eigenvalue weighted by Gasteiger charge is 2.45. The Morgan fingerprint density at radius 3 is 0.900 bits per heavy atom. The van der Waals surface area contributed by atoms with E-state index in [1.54, 1.807) is 12.1 Å². The summed E-state index contributed by atoms with van der Waals surface area (Å²) < 4.78 is 0. The normalized spacial score (nSPS) is 14.1. The van der Waals surface area contributed by atoms with Gasteiger partial charge in [-0.3, -0.25) is 0 Å². The van der Waals surface area contributed by atoms with Crippen molar-refractivity contribution in [3.8, 4) is 33.8 Å². The van der Waals surface area contributed by atoms with Gasteiger partial charge in [-0.25, -0.2) is 0 Å². The van der Waals surface area contributed by atoms with Gasteiger partial charge < -0.3 is 10.2 Å². The zero-order chi connectivity index (χ0) is 36.2. The van der Waals surface area contributed by atoms with Gasteiger partial charge in [0.05, 0.1) is 0 Å². The van der Waals surface area contributed by atoms with Gasteiger partial charge in [0.25, 0.3) is 0 Å². The second-order valence-corrected chi connectivity index (χ2v) is 25.3. The standard InChI is InChI=1S/2C23H26OSi/c2*1-23(2,3)25(4,18-12-6-5-7-13-18)22-17-11-9-15-20(22)19-14-8-10-16-21(19)24/h2*5-17,24H,1-4H3/t2*25-/m00/s1. The van der Waals surface area contributed by atoms with Crippen LogP contribution in [0.25, 0.3) is 22.3 Å². The summed E-state index contributed by atoms with van der Waals surface area (Å²) in [7, 11) is -4.13. The Balaban J connectivity index is 0.000000194. The highest BCUT2D eigenvalue weighted by molar-refractivity contribution is 7.04. The minimum Gasteiger partial charge on any atom is -0.507 e. The molecule has 0 amide bonds. The molecule has 0 unspecified atom stereocenters. The van der Waals surface area contributed by atoms with Crippen molar-refractivity contribution in [2.45, 2.75) is 64.7 Å². The molecule has 0 spiro atoms. The Kier molecular flexibility index (Phi) is 10.8. The van der Waals surface area contributed by atoms with Gasteiger partial charge in [0.2, 0.25) is 0 Å². The van der Waals surface area contributed by atoms with Crippen LogP contribution in [-0.4, -0.2) is 26.4 Å². The summed E-state index contributed by atoms with van der Waals surface area (Å²) in [6.45, 7) is 18.9. The molecule has 0 bridgehead atoms. The summed E-state index contributed by atoms with van der Waals surface area (Å²) in [5.41, 5.74) is 4.12. The van der Waals surface area contributed by atoms with Crippen LogP contribution in [0.2, 0.25) is 23.2 Å². The molecule has 0 aromatic heterocycles. The fourth-order valence-corrected chi connectivity index (χ4v) is 15.3. The van der Waals surface area contributed by atoms with E-state index >= 15 is 0 Å². The minimum atomic E-state index is -2.06. The summed E-state index contributed by atoms with van der Waals surface area (Å²) in [5, 5.41) is 26.7. The minimum absolute atomic E-state index is 0.134. The number of hydrogen-bond donors (Lipinski definition) is 2. The van der Waals surface area contributed by atoms with Crippen LogP contribution in [0.15, 0.2) is 158 Å². The van der Waals surface area contributed by atoms with Crippen LogP contribution in [0.4, 0.5) is 0 Å².